The second-order valence-corrected chi connectivity index (χ2v) is 10.2. The van der Waals surface area contributed by atoms with Crippen molar-refractivity contribution in [3.05, 3.63) is 41.0 Å². The molecule has 0 saturated carbocycles. The van der Waals surface area contributed by atoms with E-state index in [0.29, 0.717) is 6.42 Å². The molecule has 0 aromatic heterocycles. The van der Waals surface area contributed by atoms with Crippen LogP contribution in [0.25, 0.3) is 6.08 Å². The lowest BCUT2D eigenvalue weighted by molar-refractivity contribution is -0.200. The van der Waals surface area contributed by atoms with Crippen molar-refractivity contribution in [2.45, 2.75) is 38.3 Å². The van der Waals surface area contributed by atoms with Gasteiger partial charge in [0, 0.05) is 0 Å². The van der Waals surface area contributed by atoms with Crippen molar-refractivity contribution in [1.29, 1.82) is 0 Å². The van der Waals surface area contributed by atoms with Crippen LogP contribution in [0.5, 0.6) is 0 Å². The van der Waals surface area contributed by atoms with Gasteiger partial charge in [0.15, 0.2) is 14.4 Å². The minimum absolute atomic E-state index is 0.206. The number of rotatable bonds is 3. The summed E-state index contributed by atoms with van der Waals surface area (Å²) in [5, 5.41) is 0. The summed E-state index contributed by atoms with van der Waals surface area (Å²) >= 11 is 0. The molecule has 1 aliphatic carbocycles. The molecule has 1 aromatic carbocycles. The monoisotopic (exact) mass is 286 g/mol. The fourth-order valence-corrected chi connectivity index (χ4v) is 3.10. The van der Waals surface area contributed by atoms with E-state index in [1.807, 2.05) is 12.2 Å². The smallest absolute Gasteiger partial charge is 0.403 e. The number of benzene rings is 1. The Hall–Kier alpha value is -1.07. The Labute approximate surface area is 112 Å². The zero-order valence-electron chi connectivity index (χ0n) is 11.2. The van der Waals surface area contributed by atoms with Gasteiger partial charge in [-0.1, -0.05) is 30.4 Å². The number of hydrogen-bond donors (Lipinski definition) is 0. The molecule has 1 aliphatic rings. The lowest BCUT2D eigenvalue weighted by atomic mass is 10.0. The van der Waals surface area contributed by atoms with Gasteiger partial charge in [0.2, 0.25) is 0 Å². The summed E-state index contributed by atoms with van der Waals surface area (Å²) in [5.41, 5.74) is 2.14. The van der Waals surface area contributed by atoms with Crippen molar-refractivity contribution < 1.29 is 17.6 Å². The predicted molar refractivity (Wildman–Crippen MR) is 72.4 cm³/mol. The lowest BCUT2D eigenvalue weighted by Gasteiger charge is -2.28. The molecular weight excluding hydrogens is 269 g/mol. The Kier molecular flexibility index (Phi) is 3.62. The molecule has 0 saturated heterocycles. The molecule has 2 rings (SSSR count). The van der Waals surface area contributed by atoms with Gasteiger partial charge in [0.1, 0.15) is 0 Å². The summed E-state index contributed by atoms with van der Waals surface area (Å²) in [6, 6.07) is 4.88. The standard InChI is InChI=1S/C14H17F3OSi/c1-19(2,3)18-13(14(15,16)17)12-8-7-10-5-4-6-11(10)9-12/h4-5,7-9,13H,6H2,1-3H3. The SMILES string of the molecule is C[Si](C)(C)OC(c1ccc2c(c1)CC=C2)C(F)(F)F. The van der Waals surface area contributed by atoms with Crippen LogP contribution in [-0.4, -0.2) is 14.5 Å². The quantitative estimate of drug-likeness (QED) is 0.731. The second-order valence-electron chi connectivity index (χ2n) is 5.72. The number of halogens is 3. The Balaban J connectivity index is 2.34. The molecule has 1 atom stereocenters. The predicted octanol–water partition coefficient (Wildman–Crippen LogP) is 4.71. The maximum Gasteiger partial charge on any atom is 0.417 e. The summed E-state index contributed by atoms with van der Waals surface area (Å²) in [6.45, 7) is 5.29. The molecule has 0 heterocycles. The van der Waals surface area contributed by atoms with E-state index in [2.05, 4.69) is 0 Å². The fourth-order valence-electron chi connectivity index (χ4n) is 2.12. The molecule has 0 spiro atoms. The van der Waals surface area contributed by atoms with Crippen LogP contribution in [0.15, 0.2) is 24.3 Å². The first-order valence-corrected chi connectivity index (χ1v) is 9.61. The van der Waals surface area contributed by atoms with Gasteiger partial charge in [-0.05, 0) is 42.8 Å². The zero-order valence-corrected chi connectivity index (χ0v) is 12.2. The molecule has 104 valence electrons. The van der Waals surface area contributed by atoms with E-state index in [4.69, 9.17) is 4.43 Å². The average Bonchev–Trinajstić information content (AvgIpc) is 2.69. The molecule has 0 amide bonds. The first kappa shape index (κ1) is 14.3. The van der Waals surface area contributed by atoms with Crippen LogP contribution in [0.1, 0.15) is 22.8 Å². The highest BCUT2D eigenvalue weighted by Crippen LogP contribution is 2.39. The van der Waals surface area contributed by atoms with Crippen LogP contribution in [0, 0.1) is 0 Å². The summed E-state index contributed by atoms with van der Waals surface area (Å²) < 4.78 is 44.9. The summed E-state index contributed by atoms with van der Waals surface area (Å²) in [6.07, 6.45) is -1.61. The van der Waals surface area contributed by atoms with Crippen LogP contribution >= 0.6 is 0 Å². The Morgan fingerprint density at radius 3 is 2.47 bits per heavy atom. The van der Waals surface area contributed by atoms with E-state index in [-0.39, 0.29) is 5.56 Å². The number of alkyl halides is 3. The summed E-state index contributed by atoms with van der Waals surface area (Å²) in [7, 11) is -2.27. The average molecular weight is 286 g/mol. The van der Waals surface area contributed by atoms with Crippen molar-refractivity contribution in [2.75, 3.05) is 0 Å². The maximum absolute atomic E-state index is 13.2. The highest BCUT2D eigenvalue weighted by molar-refractivity contribution is 6.69. The summed E-state index contributed by atoms with van der Waals surface area (Å²) in [5.74, 6) is 0. The van der Waals surface area contributed by atoms with Gasteiger partial charge in [-0.2, -0.15) is 13.2 Å². The van der Waals surface area contributed by atoms with Gasteiger partial charge in [-0.3, -0.25) is 0 Å². The second kappa shape index (κ2) is 4.79. The molecule has 1 aromatic rings. The van der Waals surface area contributed by atoms with Crippen LogP contribution in [0.2, 0.25) is 19.6 Å². The first-order chi connectivity index (χ1) is 8.67. The number of hydrogen-bond acceptors (Lipinski definition) is 1. The molecule has 0 aliphatic heterocycles. The zero-order chi connectivity index (χ0) is 14.3. The number of allylic oxidation sites excluding steroid dienone is 1. The largest absolute Gasteiger partial charge is 0.417 e. The van der Waals surface area contributed by atoms with Crippen molar-refractivity contribution in [1.82, 2.24) is 0 Å². The Morgan fingerprint density at radius 1 is 1.21 bits per heavy atom. The van der Waals surface area contributed by atoms with Crippen molar-refractivity contribution in [3.63, 3.8) is 0 Å². The van der Waals surface area contributed by atoms with Crippen LogP contribution in [0.4, 0.5) is 13.2 Å². The molecule has 19 heavy (non-hydrogen) atoms. The van der Waals surface area contributed by atoms with E-state index >= 15 is 0 Å². The van der Waals surface area contributed by atoms with E-state index in [0.717, 1.165) is 11.1 Å². The highest BCUT2D eigenvalue weighted by atomic mass is 28.4. The Morgan fingerprint density at radius 2 is 1.89 bits per heavy atom. The molecule has 1 nitrogen and oxygen atoms in total. The first-order valence-electron chi connectivity index (χ1n) is 6.21. The van der Waals surface area contributed by atoms with Gasteiger partial charge in [-0.25, -0.2) is 0 Å². The van der Waals surface area contributed by atoms with Crippen molar-refractivity contribution >= 4 is 14.4 Å². The van der Waals surface area contributed by atoms with Crippen LogP contribution < -0.4 is 0 Å². The van der Waals surface area contributed by atoms with Gasteiger partial charge >= 0.3 is 6.18 Å². The third-order valence-corrected chi connectivity index (χ3v) is 3.82. The Bertz CT molecular complexity index is 500. The molecular formula is C14H17F3OSi. The molecule has 0 bridgehead atoms. The summed E-state index contributed by atoms with van der Waals surface area (Å²) in [4.78, 5) is 0. The van der Waals surface area contributed by atoms with Gasteiger partial charge in [0.25, 0.3) is 0 Å². The van der Waals surface area contributed by atoms with Crippen molar-refractivity contribution in [3.8, 4) is 0 Å². The molecule has 0 radical (unpaired) electrons. The molecule has 5 heteroatoms. The lowest BCUT2D eigenvalue weighted by Crippen LogP contribution is -2.35. The maximum atomic E-state index is 13.2. The molecule has 1 unspecified atom stereocenters. The van der Waals surface area contributed by atoms with E-state index in [9.17, 15) is 13.2 Å². The minimum Gasteiger partial charge on any atom is -0.403 e. The third-order valence-electron chi connectivity index (χ3n) is 2.87. The topological polar surface area (TPSA) is 9.23 Å². The van der Waals surface area contributed by atoms with Gasteiger partial charge in [-0.15, -0.1) is 0 Å². The van der Waals surface area contributed by atoms with Gasteiger partial charge < -0.3 is 4.43 Å². The fraction of sp³-hybridized carbons (Fsp3) is 0.429. The van der Waals surface area contributed by atoms with Crippen LogP contribution in [0.3, 0.4) is 0 Å². The number of fused-ring (bicyclic) bond motifs is 1. The van der Waals surface area contributed by atoms with Crippen LogP contribution in [-0.2, 0) is 10.8 Å². The third kappa shape index (κ3) is 3.48. The molecule has 0 fully saturated rings. The van der Waals surface area contributed by atoms with Gasteiger partial charge in [0.05, 0.1) is 0 Å². The molecule has 0 N–H and O–H groups in total. The minimum atomic E-state index is -4.37. The normalized spacial score (nSPS) is 16.5. The van der Waals surface area contributed by atoms with E-state index in [1.54, 1.807) is 31.8 Å². The van der Waals surface area contributed by atoms with E-state index in [1.165, 1.54) is 6.07 Å². The van der Waals surface area contributed by atoms with Crippen molar-refractivity contribution in [2.24, 2.45) is 0 Å². The van der Waals surface area contributed by atoms with E-state index < -0.39 is 20.6 Å². The highest BCUT2D eigenvalue weighted by Gasteiger charge is 2.44.